The quantitative estimate of drug-likeness (QED) is 0.0344. The van der Waals surface area contributed by atoms with E-state index in [1.807, 2.05) is 0 Å². The van der Waals surface area contributed by atoms with Crippen molar-refractivity contribution in [1.82, 2.24) is 4.90 Å². The topological polar surface area (TPSA) is 82.1 Å². The van der Waals surface area contributed by atoms with Crippen LogP contribution in [0, 0.1) is 11.8 Å². The summed E-state index contributed by atoms with van der Waals surface area (Å²) >= 11 is 0. The Labute approximate surface area is 363 Å². The molecule has 0 amide bonds. The summed E-state index contributed by atoms with van der Waals surface area (Å²) in [5.41, 5.74) is 0. The smallest absolute Gasteiger partial charge is 0.305 e. The summed E-state index contributed by atoms with van der Waals surface area (Å²) in [7, 11) is 5.86. The Balaban J connectivity index is -0.000000879. The van der Waals surface area contributed by atoms with Crippen LogP contribution in [0.25, 0.3) is 0 Å². The van der Waals surface area contributed by atoms with E-state index >= 15 is 0 Å². The molecule has 0 bridgehead atoms. The molecule has 0 aliphatic carbocycles. The van der Waals surface area contributed by atoms with Crippen LogP contribution in [0.2, 0.25) is 0 Å². The van der Waals surface area contributed by atoms with Crippen molar-refractivity contribution in [3.63, 3.8) is 0 Å². The van der Waals surface area contributed by atoms with E-state index in [1.165, 1.54) is 141 Å². The first-order chi connectivity index (χ1) is 28.2. The highest BCUT2D eigenvalue weighted by atomic mass is 16.5. The standard InChI is InChI=1S/C23H44O3.C22H44O2.C6H15NO/c1-3-5-12-16-22(17-13-6-4-2)19-21-26-23(25)18-14-10-8-7-9-11-15-20-24;1-4-7-10-11-12-15-18-22(23)24-20-19-21(16-13-8-5-2)17-14-9-6-3;1-7(2)5-4-6-8-3/h20,22H,3-19,21H2,1-2H3;21H,4-20H2,1-3H3;4-6H2,1-3H3. The van der Waals surface area contributed by atoms with Crippen LogP contribution in [-0.2, 0) is 28.6 Å². The lowest BCUT2D eigenvalue weighted by molar-refractivity contribution is -0.145. The average molecular weight is 826 g/mol. The molecule has 0 aromatic rings. The molecule has 0 atom stereocenters. The van der Waals surface area contributed by atoms with Crippen LogP contribution in [0.3, 0.4) is 0 Å². The highest BCUT2D eigenvalue weighted by Crippen LogP contribution is 2.22. The molecular weight excluding hydrogens is 723 g/mol. The molecule has 348 valence electrons. The van der Waals surface area contributed by atoms with Crippen molar-refractivity contribution in [2.45, 2.75) is 253 Å². The molecule has 58 heavy (non-hydrogen) atoms. The fourth-order valence-electron chi connectivity index (χ4n) is 7.20. The number of nitrogens with zero attached hydrogens (tertiary/aromatic N) is 1. The van der Waals surface area contributed by atoms with Crippen LogP contribution >= 0.6 is 0 Å². The molecule has 0 aliphatic rings. The molecule has 0 aromatic heterocycles. The molecule has 0 saturated carbocycles. The van der Waals surface area contributed by atoms with E-state index in [4.69, 9.17) is 14.2 Å². The summed E-state index contributed by atoms with van der Waals surface area (Å²) in [6.45, 7) is 14.5. The van der Waals surface area contributed by atoms with Crippen molar-refractivity contribution in [1.29, 1.82) is 0 Å². The van der Waals surface area contributed by atoms with Gasteiger partial charge in [-0.05, 0) is 71.0 Å². The number of hydrogen-bond acceptors (Lipinski definition) is 7. The number of esters is 2. The fraction of sp³-hybridized carbons (Fsp3) is 0.941. The van der Waals surface area contributed by atoms with Crippen molar-refractivity contribution in [2.75, 3.05) is 47.6 Å². The lowest BCUT2D eigenvalue weighted by Crippen LogP contribution is -2.14. The second kappa shape index (κ2) is 53.5. The van der Waals surface area contributed by atoms with E-state index < -0.39 is 0 Å². The molecule has 0 radical (unpaired) electrons. The molecule has 0 rings (SSSR count). The second-order valence-corrected chi connectivity index (χ2v) is 17.2. The average Bonchev–Trinajstić information content (AvgIpc) is 3.20. The summed E-state index contributed by atoms with van der Waals surface area (Å²) in [4.78, 5) is 36.0. The van der Waals surface area contributed by atoms with Crippen molar-refractivity contribution < 1.29 is 28.6 Å². The third kappa shape index (κ3) is 54.5. The number of rotatable bonds is 42. The Bertz CT molecular complexity index is 786. The minimum Gasteiger partial charge on any atom is -0.466 e. The minimum atomic E-state index is -0.0215. The largest absolute Gasteiger partial charge is 0.466 e. The van der Waals surface area contributed by atoms with E-state index in [1.54, 1.807) is 7.11 Å². The monoisotopic (exact) mass is 826 g/mol. The molecule has 0 aliphatic heterocycles. The fourth-order valence-corrected chi connectivity index (χ4v) is 7.20. The van der Waals surface area contributed by atoms with Crippen molar-refractivity contribution >= 4 is 18.2 Å². The maximum absolute atomic E-state index is 11.9. The predicted octanol–water partition coefficient (Wildman–Crippen LogP) is 15.0. The van der Waals surface area contributed by atoms with E-state index in [2.05, 4.69) is 53.6 Å². The van der Waals surface area contributed by atoms with Crippen LogP contribution < -0.4 is 0 Å². The maximum Gasteiger partial charge on any atom is 0.305 e. The number of unbranched alkanes of at least 4 members (excludes halogenated alkanes) is 19. The van der Waals surface area contributed by atoms with Gasteiger partial charge in [0.15, 0.2) is 0 Å². The number of methoxy groups -OCH3 is 1. The Morgan fingerprint density at radius 1 is 0.448 bits per heavy atom. The van der Waals surface area contributed by atoms with Crippen LogP contribution in [0.1, 0.15) is 253 Å². The van der Waals surface area contributed by atoms with E-state index in [-0.39, 0.29) is 11.9 Å². The van der Waals surface area contributed by atoms with Crippen LogP contribution in [-0.4, -0.2) is 70.7 Å². The number of aldehydes is 1. The summed E-state index contributed by atoms with van der Waals surface area (Å²) in [5, 5.41) is 0. The van der Waals surface area contributed by atoms with E-state index in [9.17, 15) is 14.4 Å². The molecule has 0 fully saturated rings. The molecular formula is C51H103NO6. The Morgan fingerprint density at radius 2 is 0.793 bits per heavy atom. The molecule has 0 heterocycles. The SMILES string of the molecule is CCCCCC(CCCCC)CCOC(=O)CCCCCCCCC=O.CCCCCCCCC(=O)OCCC(CCCCC)CCCCC.COCCCN(C)C. The third-order valence-corrected chi connectivity index (χ3v) is 11.1. The first kappa shape index (κ1) is 60.8. The van der Waals surface area contributed by atoms with E-state index in [0.29, 0.717) is 32.5 Å². The lowest BCUT2D eigenvalue weighted by Gasteiger charge is -2.16. The normalized spacial score (nSPS) is 11.0. The molecule has 0 spiro atoms. The molecule has 0 saturated heterocycles. The summed E-state index contributed by atoms with van der Waals surface area (Å²) in [6, 6.07) is 0. The number of hydrogen-bond donors (Lipinski definition) is 0. The molecule has 0 aromatic carbocycles. The van der Waals surface area contributed by atoms with Gasteiger partial charge in [0.2, 0.25) is 0 Å². The summed E-state index contributed by atoms with van der Waals surface area (Å²) < 4.78 is 15.8. The van der Waals surface area contributed by atoms with Gasteiger partial charge < -0.3 is 23.9 Å². The van der Waals surface area contributed by atoms with E-state index in [0.717, 1.165) is 89.1 Å². The van der Waals surface area contributed by atoms with Crippen LogP contribution in [0.5, 0.6) is 0 Å². The zero-order chi connectivity index (χ0) is 43.6. The Morgan fingerprint density at radius 3 is 1.14 bits per heavy atom. The van der Waals surface area contributed by atoms with Gasteiger partial charge in [-0.1, -0.05) is 195 Å². The predicted molar refractivity (Wildman–Crippen MR) is 251 cm³/mol. The van der Waals surface area contributed by atoms with Gasteiger partial charge >= 0.3 is 11.9 Å². The van der Waals surface area contributed by atoms with Crippen LogP contribution in [0.4, 0.5) is 0 Å². The molecule has 0 unspecified atom stereocenters. The number of carbonyl (C=O) groups is 3. The Hall–Kier alpha value is -1.47. The Kier molecular flexibility index (Phi) is 56.2. The second-order valence-electron chi connectivity index (χ2n) is 17.2. The summed E-state index contributed by atoms with van der Waals surface area (Å²) in [5.74, 6) is 1.48. The minimum absolute atomic E-state index is 0.0198. The van der Waals surface area contributed by atoms with Gasteiger partial charge in [0.25, 0.3) is 0 Å². The van der Waals surface area contributed by atoms with Crippen molar-refractivity contribution in [2.24, 2.45) is 11.8 Å². The zero-order valence-corrected chi connectivity index (χ0v) is 40.5. The number of ether oxygens (including phenoxy) is 3. The van der Waals surface area contributed by atoms with Crippen molar-refractivity contribution in [3.8, 4) is 0 Å². The first-order valence-electron chi connectivity index (χ1n) is 25.1. The lowest BCUT2D eigenvalue weighted by atomic mass is 9.92. The molecule has 7 nitrogen and oxygen atoms in total. The highest BCUT2D eigenvalue weighted by Gasteiger charge is 2.12. The third-order valence-electron chi connectivity index (χ3n) is 11.1. The van der Waals surface area contributed by atoms with Crippen LogP contribution in [0.15, 0.2) is 0 Å². The number of carbonyl (C=O) groups excluding carboxylic acids is 3. The zero-order valence-electron chi connectivity index (χ0n) is 40.5. The van der Waals surface area contributed by atoms with Gasteiger partial charge in [-0.3, -0.25) is 9.59 Å². The highest BCUT2D eigenvalue weighted by molar-refractivity contribution is 5.69. The van der Waals surface area contributed by atoms with Gasteiger partial charge in [-0.25, -0.2) is 0 Å². The molecule has 7 heteroatoms. The summed E-state index contributed by atoms with van der Waals surface area (Å²) in [6.07, 6.45) is 40.8. The molecule has 0 N–H and O–H groups in total. The van der Waals surface area contributed by atoms with Gasteiger partial charge in [-0.15, -0.1) is 0 Å². The van der Waals surface area contributed by atoms with Gasteiger partial charge in [0.1, 0.15) is 6.29 Å². The van der Waals surface area contributed by atoms with Gasteiger partial charge in [-0.2, -0.15) is 0 Å². The maximum atomic E-state index is 11.9. The van der Waals surface area contributed by atoms with Gasteiger partial charge in [0.05, 0.1) is 13.2 Å². The van der Waals surface area contributed by atoms with Gasteiger partial charge in [0, 0.05) is 33.0 Å². The first-order valence-corrected chi connectivity index (χ1v) is 25.1. The van der Waals surface area contributed by atoms with Crippen molar-refractivity contribution in [3.05, 3.63) is 0 Å².